The fourth-order valence-corrected chi connectivity index (χ4v) is 4.30. The number of fused-ring (bicyclic) bond motifs is 1. The molecule has 0 aromatic heterocycles. The second-order valence-electron chi connectivity index (χ2n) is 8.24. The van der Waals surface area contributed by atoms with Crippen LogP contribution in [0.5, 0.6) is 0 Å². The smallest absolute Gasteiger partial charge is 0.362 e. The number of carbonyl (C=O) groups excluding carboxylic acids is 3. The van der Waals surface area contributed by atoms with Crippen molar-refractivity contribution < 1.29 is 32.5 Å². The molecule has 35 heavy (non-hydrogen) atoms. The van der Waals surface area contributed by atoms with Gasteiger partial charge in [0.15, 0.2) is 0 Å². The molecule has 12 heteroatoms. The van der Waals surface area contributed by atoms with Gasteiger partial charge in [-0.2, -0.15) is 13.2 Å². The number of alkyl halides is 3. The van der Waals surface area contributed by atoms with Gasteiger partial charge in [-0.15, -0.1) is 0 Å². The van der Waals surface area contributed by atoms with Crippen molar-refractivity contribution in [3.05, 3.63) is 69.3 Å². The van der Waals surface area contributed by atoms with Gasteiger partial charge in [0.25, 0.3) is 17.5 Å². The number of imide groups is 1. The lowest BCUT2D eigenvalue weighted by Gasteiger charge is -2.36. The van der Waals surface area contributed by atoms with Gasteiger partial charge in [-0.1, -0.05) is 12.1 Å². The number of nitro benzene ring substituents is 1. The summed E-state index contributed by atoms with van der Waals surface area (Å²) in [6, 6.07) is 8.93. The van der Waals surface area contributed by atoms with E-state index in [4.69, 9.17) is 0 Å². The molecule has 2 heterocycles. The van der Waals surface area contributed by atoms with E-state index in [1.54, 1.807) is 34.1 Å². The van der Waals surface area contributed by atoms with Gasteiger partial charge >= 0.3 is 6.18 Å². The molecule has 4 rings (SSSR count). The summed E-state index contributed by atoms with van der Waals surface area (Å²) < 4.78 is 38.8. The SMILES string of the molecule is O=C(CCCN1C(=O)c2ccccc2C1=O)N1CCN(c2ccc(C(F)(F)F)cc2[N+](=O)[O-])CC1. The van der Waals surface area contributed by atoms with Crippen LogP contribution in [0.15, 0.2) is 42.5 Å². The highest BCUT2D eigenvalue weighted by molar-refractivity contribution is 6.21. The van der Waals surface area contributed by atoms with Crippen molar-refractivity contribution in [1.29, 1.82) is 0 Å². The maximum Gasteiger partial charge on any atom is 0.416 e. The number of halogens is 3. The normalized spacial score (nSPS) is 16.0. The lowest BCUT2D eigenvalue weighted by molar-refractivity contribution is -0.384. The zero-order valence-corrected chi connectivity index (χ0v) is 18.5. The number of anilines is 1. The molecular formula is C23H21F3N4O5. The van der Waals surface area contributed by atoms with Crippen molar-refractivity contribution in [1.82, 2.24) is 9.80 Å². The van der Waals surface area contributed by atoms with Crippen molar-refractivity contribution in [2.45, 2.75) is 19.0 Å². The summed E-state index contributed by atoms with van der Waals surface area (Å²) in [5.41, 5.74) is -0.976. The molecule has 0 spiro atoms. The van der Waals surface area contributed by atoms with Gasteiger partial charge in [0.05, 0.1) is 21.6 Å². The van der Waals surface area contributed by atoms with Gasteiger partial charge in [0, 0.05) is 45.2 Å². The van der Waals surface area contributed by atoms with E-state index in [1.165, 1.54) is 0 Å². The Bertz CT molecular complexity index is 1160. The molecule has 2 aromatic rings. The molecule has 0 aliphatic carbocycles. The Balaban J connectivity index is 1.31. The summed E-state index contributed by atoms with van der Waals surface area (Å²) in [4.78, 5) is 52.2. The van der Waals surface area contributed by atoms with Crippen LogP contribution >= 0.6 is 0 Å². The first-order valence-corrected chi connectivity index (χ1v) is 10.9. The molecule has 1 saturated heterocycles. The summed E-state index contributed by atoms with van der Waals surface area (Å²) in [6.45, 7) is 1.02. The van der Waals surface area contributed by atoms with Gasteiger partial charge in [-0.05, 0) is 30.7 Å². The van der Waals surface area contributed by atoms with Crippen LogP contribution in [-0.2, 0) is 11.0 Å². The predicted molar refractivity (Wildman–Crippen MR) is 118 cm³/mol. The standard InChI is InChI=1S/C23H21F3N4O5/c24-23(25,26)15-7-8-18(19(14-15)30(34)35)27-10-12-28(13-11-27)20(31)6-3-9-29-21(32)16-4-1-2-5-17(16)22(29)33/h1-2,4-5,7-8,14H,3,6,9-13H2. The second kappa shape index (κ2) is 9.35. The largest absolute Gasteiger partial charge is 0.416 e. The molecule has 3 amide bonds. The molecule has 1 fully saturated rings. The lowest BCUT2D eigenvalue weighted by Crippen LogP contribution is -2.49. The van der Waals surface area contributed by atoms with E-state index in [0.717, 1.165) is 17.0 Å². The number of nitrogens with zero attached hydrogens (tertiary/aromatic N) is 4. The average Bonchev–Trinajstić information content (AvgIpc) is 3.08. The molecule has 2 aromatic carbocycles. The summed E-state index contributed by atoms with van der Waals surface area (Å²) in [7, 11) is 0. The van der Waals surface area contributed by atoms with E-state index < -0.39 is 22.4 Å². The Morgan fingerprint density at radius 2 is 1.57 bits per heavy atom. The number of benzene rings is 2. The van der Waals surface area contributed by atoms with Crippen molar-refractivity contribution in [2.24, 2.45) is 0 Å². The van der Waals surface area contributed by atoms with Crippen LogP contribution in [0, 0.1) is 10.1 Å². The van der Waals surface area contributed by atoms with Gasteiger partial charge in [-0.25, -0.2) is 0 Å². The summed E-state index contributed by atoms with van der Waals surface area (Å²) in [6.07, 6.45) is -4.30. The van der Waals surface area contributed by atoms with E-state index in [1.807, 2.05) is 0 Å². The topological polar surface area (TPSA) is 104 Å². The minimum absolute atomic E-state index is 0.0701. The number of piperazine rings is 1. The number of amides is 3. The zero-order chi connectivity index (χ0) is 25.3. The van der Waals surface area contributed by atoms with Crippen LogP contribution in [0.1, 0.15) is 39.1 Å². The molecule has 0 bridgehead atoms. The monoisotopic (exact) mass is 490 g/mol. The second-order valence-corrected chi connectivity index (χ2v) is 8.24. The minimum atomic E-state index is -4.69. The van der Waals surface area contributed by atoms with Crippen LogP contribution in [0.4, 0.5) is 24.5 Å². The van der Waals surface area contributed by atoms with Gasteiger partial charge in [-0.3, -0.25) is 29.4 Å². The highest BCUT2D eigenvalue weighted by atomic mass is 19.4. The van der Waals surface area contributed by atoms with Crippen molar-refractivity contribution in [3.8, 4) is 0 Å². The Kier molecular flexibility index (Phi) is 6.46. The highest BCUT2D eigenvalue weighted by Gasteiger charge is 2.36. The van der Waals surface area contributed by atoms with E-state index in [0.29, 0.717) is 17.2 Å². The Morgan fingerprint density at radius 3 is 2.11 bits per heavy atom. The first kappa shape index (κ1) is 24.2. The van der Waals surface area contributed by atoms with E-state index in [2.05, 4.69) is 0 Å². The number of hydrogen-bond acceptors (Lipinski definition) is 6. The molecule has 0 radical (unpaired) electrons. The van der Waals surface area contributed by atoms with Crippen molar-refractivity contribution >= 4 is 29.1 Å². The van der Waals surface area contributed by atoms with Crippen molar-refractivity contribution in [2.75, 3.05) is 37.6 Å². The minimum Gasteiger partial charge on any atom is -0.362 e. The van der Waals surface area contributed by atoms with Crippen LogP contribution in [0.25, 0.3) is 0 Å². The first-order valence-electron chi connectivity index (χ1n) is 10.9. The number of carbonyl (C=O) groups is 3. The van der Waals surface area contributed by atoms with E-state index >= 15 is 0 Å². The molecule has 9 nitrogen and oxygen atoms in total. The van der Waals surface area contributed by atoms with Crippen LogP contribution < -0.4 is 4.90 Å². The molecule has 0 unspecified atom stereocenters. The van der Waals surface area contributed by atoms with Crippen LogP contribution in [-0.4, -0.2) is 65.2 Å². The maximum absolute atomic E-state index is 12.9. The molecule has 0 N–H and O–H groups in total. The summed E-state index contributed by atoms with van der Waals surface area (Å²) >= 11 is 0. The fraction of sp³-hybridized carbons (Fsp3) is 0.348. The molecular weight excluding hydrogens is 469 g/mol. The van der Waals surface area contributed by atoms with Crippen molar-refractivity contribution in [3.63, 3.8) is 0 Å². The third-order valence-electron chi connectivity index (χ3n) is 6.12. The van der Waals surface area contributed by atoms with Gasteiger partial charge in [0.1, 0.15) is 5.69 Å². The van der Waals surface area contributed by atoms with Crippen LogP contribution in [0.2, 0.25) is 0 Å². The Labute approximate surface area is 197 Å². The molecule has 2 aliphatic heterocycles. The molecule has 184 valence electrons. The first-order chi connectivity index (χ1) is 16.6. The quantitative estimate of drug-likeness (QED) is 0.350. The predicted octanol–water partition coefficient (Wildman–Crippen LogP) is 3.34. The van der Waals surface area contributed by atoms with E-state index in [9.17, 15) is 37.7 Å². The van der Waals surface area contributed by atoms with Gasteiger partial charge in [0.2, 0.25) is 5.91 Å². The zero-order valence-electron chi connectivity index (χ0n) is 18.5. The number of hydrogen-bond donors (Lipinski definition) is 0. The third-order valence-corrected chi connectivity index (χ3v) is 6.12. The fourth-order valence-electron chi connectivity index (χ4n) is 4.30. The average molecular weight is 490 g/mol. The molecule has 0 atom stereocenters. The number of rotatable bonds is 6. The maximum atomic E-state index is 12.9. The molecule has 2 aliphatic rings. The third kappa shape index (κ3) is 4.81. The molecule has 0 saturated carbocycles. The summed E-state index contributed by atoms with van der Waals surface area (Å²) in [5, 5.41) is 11.4. The van der Waals surface area contributed by atoms with Crippen LogP contribution in [0.3, 0.4) is 0 Å². The Morgan fingerprint density at radius 1 is 0.971 bits per heavy atom. The number of nitro groups is 1. The van der Waals surface area contributed by atoms with Gasteiger partial charge < -0.3 is 9.80 Å². The Hall–Kier alpha value is -3.96. The lowest BCUT2D eigenvalue weighted by atomic mass is 10.1. The highest BCUT2D eigenvalue weighted by Crippen LogP contribution is 2.36. The summed E-state index contributed by atoms with van der Waals surface area (Å²) in [5.74, 6) is -0.960. The van der Waals surface area contributed by atoms with E-state index in [-0.39, 0.29) is 69.0 Å².